The molecular formula is C14H16ClN3O. The molecule has 2 unspecified atom stereocenters. The fourth-order valence-electron chi connectivity index (χ4n) is 2.94. The van der Waals surface area contributed by atoms with Crippen molar-refractivity contribution in [3.05, 3.63) is 34.9 Å². The Hall–Kier alpha value is -1.42. The maximum absolute atomic E-state index is 12.5. The van der Waals surface area contributed by atoms with Crippen molar-refractivity contribution in [2.24, 2.45) is 11.8 Å². The van der Waals surface area contributed by atoms with Crippen molar-refractivity contribution in [1.82, 2.24) is 14.9 Å². The maximum atomic E-state index is 12.5. The van der Waals surface area contributed by atoms with E-state index in [4.69, 9.17) is 11.6 Å². The van der Waals surface area contributed by atoms with Crippen LogP contribution in [0.5, 0.6) is 0 Å². The molecule has 2 heterocycles. The Balaban J connectivity index is 1.80. The smallest absolute Gasteiger partial charge is 0.274 e. The third-order valence-corrected chi connectivity index (χ3v) is 4.25. The third-order valence-electron chi connectivity index (χ3n) is 3.98. The van der Waals surface area contributed by atoms with Gasteiger partial charge in [0.15, 0.2) is 5.69 Å². The topological polar surface area (TPSA) is 46.1 Å². The molecular weight excluding hydrogens is 262 g/mol. The molecule has 19 heavy (non-hydrogen) atoms. The number of allylic oxidation sites excluding steroid dienone is 2. The molecule has 1 amide bonds. The minimum absolute atomic E-state index is 0.0649. The Bertz CT molecular complexity index is 527. The van der Waals surface area contributed by atoms with Crippen LogP contribution in [-0.2, 0) is 0 Å². The predicted molar refractivity (Wildman–Crippen MR) is 73.0 cm³/mol. The molecule has 100 valence electrons. The maximum Gasteiger partial charge on any atom is 0.274 e. The lowest BCUT2D eigenvalue weighted by atomic mass is 9.86. The minimum Gasteiger partial charge on any atom is -0.337 e. The average Bonchev–Trinajstić information content (AvgIpc) is 2.84. The van der Waals surface area contributed by atoms with Crippen molar-refractivity contribution in [1.29, 1.82) is 0 Å². The summed E-state index contributed by atoms with van der Waals surface area (Å²) in [5.41, 5.74) is 0.334. The first-order valence-corrected chi connectivity index (χ1v) is 6.96. The number of aromatic nitrogens is 2. The molecule has 1 aromatic rings. The summed E-state index contributed by atoms with van der Waals surface area (Å²) in [6.07, 6.45) is 8.09. The summed E-state index contributed by atoms with van der Waals surface area (Å²) in [6.45, 7) is 3.39. The van der Waals surface area contributed by atoms with Crippen molar-refractivity contribution < 1.29 is 4.79 Å². The van der Waals surface area contributed by atoms with Gasteiger partial charge in [0.1, 0.15) is 5.82 Å². The van der Waals surface area contributed by atoms with E-state index in [2.05, 4.69) is 22.1 Å². The zero-order valence-corrected chi connectivity index (χ0v) is 11.6. The summed E-state index contributed by atoms with van der Waals surface area (Å²) in [5.74, 6) is 1.70. The first-order valence-electron chi connectivity index (χ1n) is 6.58. The van der Waals surface area contributed by atoms with Crippen molar-refractivity contribution in [2.75, 3.05) is 13.1 Å². The van der Waals surface area contributed by atoms with Crippen molar-refractivity contribution in [3.63, 3.8) is 0 Å². The Labute approximate surface area is 117 Å². The van der Waals surface area contributed by atoms with Gasteiger partial charge in [0.05, 0.1) is 11.2 Å². The molecule has 4 nitrogen and oxygen atoms in total. The lowest BCUT2D eigenvalue weighted by Crippen LogP contribution is -2.30. The first kappa shape index (κ1) is 12.6. The first-order chi connectivity index (χ1) is 9.15. The van der Waals surface area contributed by atoms with Crippen molar-refractivity contribution in [2.45, 2.75) is 19.8 Å². The van der Waals surface area contributed by atoms with Crippen LogP contribution in [0.1, 0.15) is 29.2 Å². The number of fused-ring (bicyclic) bond motifs is 1. The van der Waals surface area contributed by atoms with Crippen LogP contribution < -0.4 is 0 Å². The van der Waals surface area contributed by atoms with Crippen molar-refractivity contribution >= 4 is 17.5 Å². The van der Waals surface area contributed by atoms with Crippen LogP contribution in [0.2, 0.25) is 5.02 Å². The quantitative estimate of drug-likeness (QED) is 0.741. The molecule has 0 spiro atoms. The van der Waals surface area contributed by atoms with Crippen LogP contribution in [0.15, 0.2) is 18.3 Å². The van der Waals surface area contributed by atoms with E-state index in [1.807, 2.05) is 4.90 Å². The number of likely N-dealkylation sites (tertiary alicyclic amines) is 1. The van der Waals surface area contributed by atoms with Gasteiger partial charge in [-0.3, -0.25) is 4.79 Å². The van der Waals surface area contributed by atoms with E-state index in [1.54, 1.807) is 6.92 Å². The summed E-state index contributed by atoms with van der Waals surface area (Å²) in [4.78, 5) is 22.6. The monoisotopic (exact) mass is 277 g/mol. The Morgan fingerprint density at radius 3 is 2.58 bits per heavy atom. The largest absolute Gasteiger partial charge is 0.337 e. The standard InChI is InChI=1S/C14H16ClN3O/c1-9-16-6-12(15)13(17-9)14(19)18-7-10-4-2-3-5-11(10)8-18/h2-3,6,10-11H,4-5,7-8H2,1H3. The van der Waals surface area contributed by atoms with Gasteiger partial charge in [-0.15, -0.1) is 0 Å². The number of hydrogen-bond donors (Lipinski definition) is 0. The summed E-state index contributed by atoms with van der Waals surface area (Å²) in [6, 6.07) is 0. The number of hydrogen-bond acceptors (Lipinski definition) is 3. The van der Waals surface area contributed by atoms with Crippen molar-refractivity contribution in [3.8, 4) is 0 Å². The third kappa shape index (κ3) is 2.37. The van der Waals surface area contributed by atoms with Gasteiger partial charge < -0.3 is 4.90 Å². The lowest BCUT2D eigenvalue weighted by Gasteiger charge is -2.17. The molecule has 0 saturated carbocycles. The van der Waals surface area contributed by atoms with Gasteiger partial charge in [0.2, 0.25) is 0 Å². The number of amides is 1. The zero-order chi connectivity index (χ0) is 13.4. The zero-order valence-electron chi connectivity index (χ0n) is 10.8. The molecule has 5 heteroatoms. The summed E-state index contributed by atoms with van der Waals surface area (Å²) < 4.78 is 0. The highest BCUT2D eigenvalue weighted by Crippen LogP contribution is 2.33. The predicted octanol–water partition coefficient (Wildman–Crippen LogP) is 2.48. The molecule has 0 radical (unpaired) electrons. The fourth-order valence-corrected chi connectivity index (χ4v) is 3.11. The van der Waals surface area contributed by atoms with Gasteiger partial charge in [0.25, 0.3) is 5.91 Å². The summed E-state index contributed by atoms with van der Waals surface area (Å²) in [7, 11) is 0. The van der Waals surface area contributed by atoms with Crippen LogP contribution in [0.3, 0.4) is 0 Å². The second-order valence-electron chi connectivity index (χ2n) is 5.29. The van der Waals surface area contributed by atoms with Gasteiger partial charge in [-0.25, -0.2) is 9.97 Å². The van der Waals surface area contributed by atoms with Crippen LogP contribution >= 0.6 is 11.6 Å². The molecule has 2 atom stereocenters. The Morgan fingerprint density at radius 1 is 1.32 bits per heavy atom. The number of halogens is 1. The van der Waals surface area contributed by atoms with Gasteiger partial charge in [-0.2, -0.15) is 0 Å². The Kier molecular flexibility index (Phi) is 3.27. The molecule has 0 N–H and O–H groups in total. The van der Waals surface area contributed by atoms with E-state index in [0.717, 1.165) is 25.9 Å². The van der Waals surface area contributed by atoms with Crippen LogP contribution in [0.25, 0.3) is 0 Å². The molecule has 2 aliphatic rings. The SMILES string of the molecule is Cc1ncc(Cl)c(C(=O)N2CC3CC=CCC3C2)n1. The number of carbonyl (C=O) groups is 1. The fraction of sp³-hybridized carbons (Fsp3) is 0.500. The van der Waals surface area contributed by atoms with E-state index < -0.39 is 0 Å². The number of aryl methyl sites for hydroxylation is 1. The van der Waals surface area contributed by atoms with E-state index in [9.17, 15) is 4.79 Å². The van der Waals surface area contributed by atoms with E-state index >= 15 is 0 Å². The average molecular weight is 278 g/mol. The van der Waals surface area contributed by atoms with Gasteiger partial charge >= 0.3 is 0 Å². The number of carbonyl (C=O) groups excluding carboxylic acids is 1. The van der Waals surface area contributed by atoms with Crippen LogP contribution in [-0.4, -0.2) is 33.9 Å². The highest BCUT2D eigenvalue weighted by molar-refractivity contribution is 6.33. The number of nitrogens with zero attached hydrogens (tertiary/aromatic N) is 3. The summed E-state index contributed by atoms with van der Waals surface area (Å²) >= 11 is 6.04. The molecule has 3 rings (SSSR count). The highest BCUT2D eigenvalue weighted by Gasteiger charge is 2.36. The van der Waals surface area contributed by atoms with E-state index in [-0.39, 0.29) is 5.91 Å². The second kappa shape index (κ2) is 4.93. The van der Waals surface area contributed by atoms with Gasteiger partial charge in [0, 0.05) is 13.1 Å². The second-order valence-corrected chi connectivity index (χ2v) is 5.69. The van der Waals surface area contributed by atoms with Crippen LogP contribution in [0.4, 0.5) is 0 Å². The molecule has 1 fully saturated rings. The van der Waals surface area contributed by atoms with E-state index in [1.165, 1.54) is 6.20 Å². The molecule has 0 bridgehead atoms. The summed E-state index contributed by atoms with van der Waals surface area (Å²) in [5, 5.41) is 0.337. The molecule has 1 saturated heterocycles. The lowest BCUT2D eigenvalue weighted by molar-refractivity contribution is 0.0778. The molecule has 1 aromatic heterocycles. The van der Waals surface area contributed by atoms with Crippen LogP contribution in [0, 0.1) is 18.8 Å². The normalized spacial score (nSPS) is 25.5. The van der Waals surface area contributed by atoms with Gasteiger partial charge in [-0.1, -0.05) is 23.8 Å². The molecule has 1 aliphatic carbocycles. The number of rotatable bonds is 1. The molecule has 1 aliphatic heterocycles. The Morgan fingerprint density at radius 2 is 1.95 bits per heavy atom. The highest BCUT2D eigenvalue weighted by atomic mass is 35.5. The van der Waals surface area contributed by atoms with Gasteiger partial charge in [-0.05, 0) is 31.6 Å². The minimum atomic E-state index is -0.0649. The van der Waals surface area contributed by atoms with E-state index in [0.29, 0.717) is 28.4 Å². The molecule has 0 aromatic carbocycles.